The first-order valence-electron chi connectivity index (χ1n) is 8.63. The molecule has 1 fully saturated rings. The Bertz CT molecular complexity index is 812. The summed E-state index contributed by atoms with van der Waals surface area (Å²) >= 11 is 5.88. The van der Waals surface area contributed by atoms with Gasteiger partial charge in [0.25, 0.3) is 11.8 Å². The molecule has 3 rings (SSSR count). The molecule has 0 aromatic heterocycles. The van der Waals surface area contributed by atoms with Crippen LogP contribution in [-0.2, 0) is 0 Å². The van der Waals surface area contributed by atoms with E-state index in [9.17, 15) is 9.59 Å². The topological polar surface area (TPSA) is 52.7 Å². The summed E-state index contributed by atoms with van der Waals surface area (Å²) < 4.78 is 0. The number of carbonyl (C=O) groups excluding carboxylic acids is 2. The molecule has 6 heteroatoms. The molecule has 2 aromatic carbocycles. The first kappa shape index (κ1) is 18.3. The van der Waals surface area contributed by atoms with Gasteiger partial charge in [-0.15, -0.1) is 0 Å². The van der Waals surface area contributed by atoms with Gasteiger partial charge in [-0.1, -0.05) is 11.6 Å². The number of nitrogens with one attached hydrogen (secondary N) is 1. The Hall–Kier alpha value is -2.53. The Kier molecular flexibility index (Phi) is 5.47. The van der Waals surface area contributed by atoms with Gasteiger partial charge < -0.3 is 15.1 Å². The van der Waals surface area contributed by atoms with Gasteiger partial charge in [0.05, 0.1) is 11.4 Å². The maximum atomic E-state index is 12.7. The van der Waals surface area contributed by atoms with E-state index in [-0.39, 0.29) is 11.8 Å². The van der Waals surface area contributed by atoms with Crippen LogP contribution in [-0.4, -0.2) is 43.9 Å². The van der Waals surface area contributed by atoms with E-state index >= 15 is 0 Å². The average Bonchev–Trinajstić information content (AvgIpc) is 3.16. The van der Waals surface area contributed by atoms with Crippen LogP contribution in [0.2, 0.25) is 5.02 Å². The summed E-state index contributed by atoms with van der Waals surface area (Å²) in [5, 5.41) is 3.50. The van der Waals surface area contributed by atoms with Gasteiger partial charge in [-0.05, 0) is 55.3 Å². The third kappa shape index (κ3) is 3.99. The Labute approximate surface area is 158 Å². The molecule has 0 saturated carbocycles. The van der Waals surface area contributed by atoms with Crippen LogP contribution in [0.1, 0.15) is 33.6 Å². The summed E-state index contributed by atoms with van der Waals surface area (Å²) in [4.78, 5) is 29.0. The number of hydrogen-bond donors (Lipinski definition) is 1. The summed E-state index contributed by atoms with van der Waals surface area (Å²) in [6.07, 6.45) is 2.09. The molecule has 0 radical (unpaired) electrons. The number of likely N-dealkylation sites (tertiary alicyclic amines) is 1. The molecule has 2 amide bonds. The molecular weight excluding hydrogens is 350 g/mol. The monoisotopic (exact) mass is 371 g/mol. The van der Waals surface area contributed by atoms with Crippen molar-refractivity contribution >= 4 is 34.8 Å². The highest BCUT2D eigenvalue weighted by atomic mass is 35.5. The fourth-order valence-corrected chi connectivity index (χ4v) is 3.18. The van der Waals surface area contributed by atoms with Crippen LogP contribution in [0, 0.1) is 0 Å². The first-order valence-corrected chi connectivity index (χ1v) is 9.01. The van der Waals surface area contributed by atoms with E-state index in [0.29, 0.717) is 21.8 Å². The summed E-state index contributed by atoms with van der Waals surface area (Å²) in [5.41, 5.74) is 2.55. The highest BCUT2D eigenvalue weighted by Crippen LogP contribution is 2.27. The van der Waals surface area contributed by atoms with Crippen LogP contribution < -0.4 is 10.2 Å². The number of amides is 2. The Morgan fingerprint density at radius 3 is 2.23 bits per heavy atom. The van der Waals surface area contributed by atoms with Crippen LogP contribution in [0.25, 0.3) is 0 Å². The second-order valence-electron chi connectivity index (χ2n) is 6.59. The van der Waals surface area contributed by atoms with Gasteiger partial charge in [-0.2, -0.15) is 0 Å². The molecule has 0 spiro atoms. The van der Waals surface area contributed by atoms with E-state index in [1.165, 1.54) is 0 Å². The highest BCUT2D eigenvalue weighted by molar-refractivity contribution is 6.30. The number of halogens is 1. The van der Waals surface area contributed by atoms with Gasteiger partial charge in [0.1, 0.15) is 0 Å². The Balaban J connectivity index is 1.87. The minimum atomic E-state index is -0.240. The summed E-state index contributed by atoms with van der Waals surface area (Å²) in [7, 11) is 3.80. The molecule has 1 saturated heterocycles. The lowest BCUT2D eigenvalue weighted by atomic mass is 10.1. The maximum Gasteiger partial charge on any atom is 0.255 e. The lowest BCUT2D eigenvalue weighted by molar-refractivity contribution is 0.0792. The molecular formula is C20H22ClN3O2. The number of nitrogens with zero attached hydrogens (tertiary/aromatic N) is 2. The van der Waals surface area contributed by atoms with Crippen molar-refractivity contribution in [3.8, 4) is 0 Å². The predicted molar refractivity (Wildman–Crippen MR) is 105 cm³/mol. The van der Waals surface area contributed by atoms with Gasteiger partial charge in [0, 0.05) is 43.3 Å². The number of rotatable bonds is 4. The minimum absolute atomic E-state index is 0.00907. The van der Waals surface area contributed by atoms with E-state index in [1.807, 2.05) is 36.0 Å². The highest BCUT2D eigenvalue weighted by Gasteiger charge is 2.21. The molecule has 1 aliphatic heterocycles. The second-order valence-corrected chi connectivity index (χ2v) is 7.02. The van der Waals surface area contributed by atoms with E-state index in [1.54, 1.807) is 30.3 Å². The van der Waals surface area contributed by atoms with Crippen LogP contribution in [0.5, 0.6) is 0 Å². The van der Waals surface area contributed by atoms with Crippen molar-refractivity contribution in [3.63, 3.8) is 0 Å². The molecule has 0 aliphatic carbocycles. The van der Waals surface area contributed by atoms with Crippen molar-refractivity contribution < 1.29 is 9.59 Å². The molecule has 5 nitrogen and oxygen atoms in total. The number of carbonyl (C=O) groups is 2. The number of benzene rings is 2. The van der Waals surface area contributed by atoms with E-state index in [0.717, 1.165) is 31.6 Å². The SMILES string of the molecule is CN(C)c1ccc(C(=O)N2CCCC2)cc1NC(=O)c1ccc(Cl)cc1. The summed E-state index contributed by atoms with van der Waals surface area (Å²) in [5.74, 6) is -0.231. The third-order valence-corrected chi connectivity index (χ3v) is 4.73. The largest absolute Gasteiger partial charge is 0.376 e. The second kappa shape index (κ2) is 7.79. The fraction of sp³-hybridized carbons (Fsp3) is 0.300. The van der Waals surface area contributed by atoms with Gasteiger partial charge >= 0.3 is 0 Å². The number of hydrogen-bond acceptors (Lipinski definition) is 3. The van der Waals surface area contributed by atoms with Crippen molar-refractivity contribution in [2.75, 3.05) is 37.4 Å². The van der Waals surface area contributed by atoms with E-state index in [2.05, 4.69) is 5.32 Å². The predicted octanol–water partition coefficient (Wildman–Crippen LogP) is 3.89. The van der Waals surface area contributed by atoms with Crippen molar-refractivity contribution in [1.29, 1.82) is 0 Å². The third-order valence-electron chi connectivity index (χ3n) is 4.47. The quantitative estimate of drug-likeness (QED) is 0.886. The molecule has 1 N–H and O–H groups in total. The van der Waals surface area contributed by atoms with Crippen molar-refractivity contribution in [3.05, 3.63) is 58.6 Å². The molecule has 2 aromatic rings. The van der Waals surface area contributed by atoms with Crippen molar-refractivity contribution in [1.82, 2.24) is 4.90 Å². The summed E-state index contributed by atoms with van der Waals surface area (Å²) in [6.45, 7) is 1.58. The smallest absolute Gasteiger partial charge is 0.255 e. The Morgan fingerprint density at radius 1 is 1.00 bits per heavy atom. The zero-order chi connectivity index (χ0) is 18.7. The zero-order valence-corrected chi connectivity index (χ0v) is 15.7. The van der Waals surface area contributed by atoms with Crippen LogP contribution in [0.4, 0.5) is 11.4 Å². The average molecular weight is 372 g/mol. The van der Waals surface area contributed by atoms with E-state index in [4.69, 9.17) is 11.6 Å². The molecule has 1 aliphatic rings. The zero-order valence-electron chi connectivity index (χ0n) is 15.0. The number of anilines is 2. The lowest BCUT2D eigenvalue weighted by Crippen LogP contribution is -2.28. The Morgan fingerprint density at radius 2 is 1.62 bits per heavy atom. The normalized spacial score (nSPS) is 13.6. The molecule has 1 heterocycles. The molecule has 0 atom stereocenters. The molecule has 0 unspecified atom stereocenters. The maximum absolute atomic E-state index is 12.7. The van der Waals surface area contributed by atoms with Crippen molar-refractivity contribution in [2.24, 2.45) is 0 Å². The van der Waals surface area contributed by atoms with Crippen LogP contribution in [0.15, 0.2) is 42.5 Å². The minimum Gasteiger partial charge on any atom is -0.376 e. The first-order chi connectivity index (χ1) is 12.5. The van der Waals surface area contributed by atoms with Crippen LogP contribution >= 0.6 is 11.6 Å². The van der Waals surface area contributed by atoms with Crippen LogP contribution in [0.3, 0.4) is 0 Å². The summed E-state index contributed by atoms with van der Waals surface area (Å²) in [6, 6.07) is 12.1. The van der Waals surface area contributed by atoms with Gasteiger partial charge in [-0.25, -0.2) is 0 Å². The standard InChI is InChI=1S/C20H22ClN3O2/c1-23(2)18-10-7-15(20(26)24-11-3-4-12-24)13-17(18)22-19(25)14-5-8-16(21)9-6-14/h5-10,13H,3-4,11-12H2,1-2H3,(H,22,25). The molecule has 26 heavy (non-hydrogen) atoms. The fourth-order valence-electron chi connectivity index (χ4n) is 3.06. The van der Waals surface area contributed by atoms with Gasteiger partial charge in [0.15, 0.2) is 0 Å². The van der Waals surface area contributed by atoms with Gasteiger partial charge in [0.2, 0.25) is 0 Å². The van der Waals surface area contributed by atoms with E-state index < -0.39 is 0 Å². The lowest BCUT2D eigenvalue weighted by Gasteiger charge is -2.21. The molecule has 0 bridgehead atoms. The van der Waals surface area contributed by atoms with Crippen molar-refractivity contribution in [2.45, 2.75) is 12.8 Å². The molecule has 136 valence electrons. The van der Waals surface area contributed by atoms with Gasteiger partial charge in [-0.3, -0.25) is 9.59 Å².